The van der Waals surface area contributed by atoms with E-state index in [1.165, 1.54) is 0 Å². The highest BCUT2D eigenvalue weighted by Crippen LogP contribution is 2.03. The Bertz CT molecular complexity index is 189. The Kier molecular flexibility index (Phi) is 9.77. The molecular weight excluding hydrogens is 224 g/mol. The van der Waals surface area contributed by atoms with Crippen LogP contribution in [0, 0.1) is 5.92 Å². The van der Waals surface area contributed by atoms with Gasteiger partial charge < -0.3 is 16.2 Å². The summed E-state index contributed by atoms with van der Waals surface area (Å²) >= 11 is 1.74. The summed E-state index contributed by atoms with van der Waals surface area (Å²) < 4.78 is 0. The predicted octanol–water partition coefficient (Wildman–Crippen LogP) is 0.592. The first-order chi connectivity index (χ1) is 7.57. The van der Waals surface area contributed by atoms with E-state index in [0.717, 1.165) is 17.9 Å². The van der Waals surface area contributed by atoms with Crippen LogP contribution in [0.2, 0.25) is 0 Å². The quantitative estimate of drug-likeness (QED) is 0.522. The van der Waals surface area contributed by atoms with Crippen LogP contribution in [-0.2, 0) is 4.79 Å². The van der Waals surface area contributed by atoms with Crippen LogP contribution in [0.15, 0.2) is 0 Å². The maximum absolute atomic E-state index is 11.4. The summed E-state index contributed by atoms with van der Waals surface area (Å²) in [4.78, 5) is 11.4. The Morgan fingerprint density at radius 3 is 2.69 bits per heavy atom. The fourth-order valence-electron chi connectivity index (χ4n) is 1.05. The van der Waals surface area contributed by atoms with E-state index in [9.17, 15) is 4.79 Å². The van der Waals surface area contributed by atoms with Gasteiger partial charge in [-0.3, -0.25) is 4.79 Å². The number of thioether (sulfide) groups is 1. The monoisotopic (exact) mass is 248 g/mol. The standard InChI is InChI=1S/C11H24N2O2S/c1-9(2)10(12)8-11(15)13-4-7-16-6-3-5-14/h9-10,14H,3-8,12H2,1-2H3,(H,13,15). The minimum atomic E-state index is -0.0537. The van der Waals surface area contributed by atoms with Crippen LogP contribution in [-0.4, -0.2) is 41.7 Å². The van der Waals surface area contributed by atoms with Crippen LogP contribution >= 0.6 is 11.8 Å². The highest BCUT2D eigenvalue weighted by atomic mass is 32.2. The van der Waals surface area contributed by atoms with Gasteiger partial charge in [0.1, 0.15) is 0 Å². The summed E-state index contributed by atoms with van der Waals surface area (Å²) in [5.41, 5.74) is 5.79. The number of hydrogen-bond donors (Lipinski definition) is 3. The van der Waals surface area contributed by atoms with Crippen molar-refractivity contribution in [1.29, 1.82) is 0 Å². The third kappa shape index (κ3) is 9.00. The van der Waals surface area contributed by atoms with E-state index in [4.69, 9.17) is 10.8 Å². The lowest BCUT2D eigenvalue weighted by Gasteiger charge is -2.14. The fourth-order valence-corrected chi connectivity index (χ4v) is 1.84. The summed E-state index contributed by atoms with van der Waals surface area (Å²) in [5, 5.41) is 11.4. The molecule has 0 aliphatic heterocycles. The van der Waals surface area contributed by atoms with Gasteiger partial charge >= 0.3 is 0 Å². The number of aliphatic hydroxyl groups excluding tert-OH is 1. The molecule has 96 valence electrons. The molecule has 1 amide bonds. The van der Waals surface area contributed by atoms with Crippen LogP contribution in [0.25, 0.3) is 0 Å². The van der Waals surface area contributed by atoms with Crippen molar-refractivity contribution in [3.63, 3.8) is 0 Å². The van der Waals surface area contributed by atoms with Gasteiger partial charge in [0.25, 0.3) is 0 Å². The molecule has 0 radical (unpaired) electrons. The Morgan fingerprint density at radius 2 is 2.12 bits per heavy atom. The molecule has 0 bridgehead atoms. The van der Waals surface area contributed by atoms with Crippen molar-refractivity contribution >= 4 is 17.7 Å². The van der Waals surface area contributed by atoms with Crippen molar-refractivity contribution in [1.82, 2.24) is 5.32 Å². The SMILES string of the molecule is CC(C)C(N)CC(=O)NCCSCCCO. The van der Waals surface area contributed by atoms with Crippen LogP contribution in [0.5, 0.6) is 0 Å². The summed E-state index contributed by atoms with van der Waals surface area (Å²) in [5.74, 6) is 2.20. The number of carbonyl (C=O) groups excluding carboxylic acids is 1. The molecule has 0 heterocycles. The van der Waals surface area contributed by atoms with Gasteiger partial charge in [0.05, 0.1) is 0 Å². The zero-order chi connectivity index (χ0) is 12.4. The lowest BCUT2D eigenvalue weighted by atomic mass is 10.0. The average molecular weight is 248 g/mol. The topological polar surface area (TPSA) is 75.4 Å². The molecule has 0 spiro atoms. The minimum absolute atomic E-state index is 0.0314. The fraction of sp³-hybridized carbons (Fsp3) is 0.909. The van der Waals surface area contributed by atoms with E-state index in [2.05, 4.69) is 5.32 Å². The maximum atomic E-state index is 11.4. The molecule has 4 nitrogen and oxygen atoms in total. The molecule has 1 unspecified atom stereocenters. The second-order valence-corrected chi connectivity index (χ2v) is 5.38. The van der Waals surface area contributed by atoms with E-state index in [0.29, 0.717) is 18.9 Å². The maximum Gasteiger partial charge on any atom is 0.221 e. The normalized spacial score (nSPS) is 12.8. The second-order valence-electron chi connectivity index (χ2n) is 4.15. The summed E-state index contributed by atoms with van der Waals surface area (Å²) in [7, 11) is 0. The molecule has 1 atom stereocenters. The number of rotatable bonds is 9. The molecule has 0 rings (SSSR count). The van der Waals surface area contributed by atoms with E-state index in [1.807, 2.05) is 13.8 Å². The predicted molar refractivity (Wildman–Crippen MR) is 69.5 cm³/mol. The molecule has 0 aromatic heterocycles. The Labute approximate surface area is 102 Å². The van der Waals surface area contributed by atoms with Crippen molar-refractivity contribution in [3.05, 3.63) is 0 Å². The lowest BCUT2D eigenvalue weighted by Crippen LogP contribution is -2.35. The van der Waals surface area contributed by atoms with Gasteiger partial charge in [-0.25, -0.2) is 0 Å². The number of nitrogens with one attached hydrogen (secondary N) is 1. The first kappa shape index (κ1) is 15.7. The van der Waals surface area contributed by atoms with Gasteiger partial charge in [0, 0.05) is 31.4 Å². The lowest BCUT2D eigenvalue weighted by molar-refractivity contribution is -0.121. The van der Waals surface area contributed by atoms with Crippen molar-refractivity contribution in [2.75, 3.05) is 24.7 Å². The van der Waals surface area contributed by atoms with Gasteiger partial charge in [0.15, 0.2) is 0 Å². The average Bonchev–Trinajstić information content (AvgIpc) is 2.23. The van der Waals surface area contributed by atoms with E-state index < -0.39 is 0 Å². The van der Waals surface area contributed by atoms with Gasteiger partial charge in [-0.15, -0.1) is 0 Å². The summed E-state index contributed by atoms with van der Waals surface area (Å²) in [6.07, 6.45) is 1.22. The number of carbonyl (C=O) groups is 1. The van der Waals surface area contributed by atoms with Crippen molar-refractivity contribution < 1.29 is 9.90 Å². The summed E-state index contributed by atoms with van der Waals surface area (Å²) in [6, 6.07) is -0.0537. The smallest absolute Gasteiger partial charge is 0.221 e. The second kappa shape index (κ2) is 9.93. The molecule has 16 heavy (non-hydrogen) atoms. The number of aliphatic hydroxyl groups is 1. The molecule has 0 saturated heterocycles. The highest BCUT2D eigenvalue weighted by Gasteiger charge is 2.11. The zero-order valence-electron chi connectivity index (χ0n) is 10.2. The molecule has 0 aromatic carbocycles. The van der Waals surface area contributed by atoms with E-state index in [-0.39, 0.29) is 18.6 Å². The van der Waals surface area contributed by atoms with Crippen LogP contribution in [0.3, 0.4) is 0 Å². The molecule has 4 N–H and O–H groups in total. The highest BCUT2D eigenvalue weighted by molar-refractivity contribution is 7.99. The number of nitrogens with two attached hydrogens (primary N) is 1. The first-order valence-electron chi connectivity index (χ1n) is 5.78. The molecule has 0 aromatic rings. The molecule has 0 aliphatic carbocycles. The molecule has 0 saturated carbocycles. The third-order valence-electron chi connectivity index (χ3n) is 2.29. The Hall–Kier alpha value is -0.260. The van der Waals surface area contributed by atoms with Gasteiger partial charge in [-0.1, -0.05) is 13.8 Å². The molecule has 0 fully saturated rings. The summed E-state index contributed by atoms with van der Waals surface area (Å²) in [6.45, 7) is 4.95. The molecule has 0 aliphatic rings. The number of amides is 1. The van der Waals surface area contributed by atoms with Crippen molar-refractivity contribution in [2.24, 2.45) is 11.7 Å². The molecular formula is C11H24N2O2S. The Morgan fingerprint density at radius 1 is 1.44 bits per heavy atom. The largest absolute Gasteiger partial charge is 0.396 e. The van der Waals surface area contributed by atoms with Crippen LogP contribution in [0.4, 0.5) is 0 Å². The van der Waals surface area contributed by atoms with Gasteiger partial charge in [0.2, 0.25) is 5.91 Å². The third-order valence-corrected chi connectivity index (χ3v) is 3.36. The number of hydrogen-bond acceptors (Lipinski definition) is 4. The van der Waals surface area contributed by atoms with Gasteiger partial charge in [-0.2, -0.15) is 11.8 Å². The van der Waals surface area contributed by atoms with E-state index >= 15 is 0 Å². The molecule has 5 heteroatoms. The van der Waals surface area contributed by atoms with Gasteiger partial charge in [-0.05, 0) is 18.1 Å². The first-order valence-corrected chi connectivity index (χ1v) is 6.94. The van der Waals surface area contributed by atoms with Crippen LogP contribution < -0.4 is 11.1 Å². The van der Waals surface area contributed by atoms with Crippen LogP contribution in [0.1, 0.15) is 26.7 Å². The zero-order valence-corrected chi connectivity index (χ0v) is 11.1. The van der Waals surface area contributed by atoms with E-state index in [1.54, 1.807) is 11.8 Å². The van der Waals surface area contributed by atoms with Crippen molar-refractivity contribution in [2.45, 2.75) is 32.7 Å². The minimum Gasteiger partial charge on any atom is -0.396 e. The Balaban J connectivity index is 3.37. The van der Waals surface area contributed by atoms with Crippen molar-refractivity contribution in [3.8, 4) is 0 Å².